The Morgan fingerprint density at radius 2 is 1.82 bits per heavy atom. The number of benzene rings is 2. The van der Waals surface area contributed by atoms with Crippen LogP contribution in [-0.2, 0) is 14.3 Å². The maximum absolute atomic E-state index is 12.2. The Labute approximate surface area is 209 Å². The van der Waals surface area contributed by atoms with Gasteiger partial charge in [0.2, 0.25) is 0 Å². The Morgan fingerprint density at radius 3 is 2.56 bits per heavy atom. The van der Waals surface area contributed by atoms with E-state index >= 15 is 0 Å². The first-order valence-corrected chi connectivity index (χ1v) is 11.3. The second-order valence-electron chi connectivity index (χ2n) is 7.05. The van der Waals surface area contributed by atoms with Crippen LogP contribution in [0.5, 0.6) is 0 Å². The van der Waals surface area contributed by atoms with E-state index in [4.69, 9.17) is 21.4 Å². The van der Waals surface area contributed by atoms with Gasteiger partial charge in [0.05, 0.1) is 17.1 Å². The lowest BCUT2D eigenvalue weighted by Gasteiger charge is -2.06. The highest BCUT2D eigenvalue weighted by Crippen LogP contribution is 2.26. The molecule has 4 rings (SSSR count). The zero-order valence-corrected chi connectivity index (χ0v) is 20.0. The van der Waals surface area contributed by atoms with Crippen molar-refractivity contribution in [3.63, 3.8) is 0 Å². The molecule has 170 valence electrons. The third-order valence-corrected chi connectivity index (χ3v) is 5.49. The number of hydrogen-bond acceptors (Lipinski definition) is 5. The summed E-state index contributed by atoms with van der Waals surface area (Å²) in [6.07, 6.45) is 6.21. The van der Waals surface area contributed by atoms with Crippen LogP contribution in [0.4, 0.5) is 5.69 Å². The summed E-state index contributed by atoms with van der Waals surface area (Å²) >= 11 is 9.35. The number of pyridine rings is 1. The van der Waals surface area contributed by atoms with Gasteiger partial charge in [-0.05, 0) is 42.5 Å². The van der Waals surface area contributed by atoms with E-state index in [1.165, 1.54) is 12.3 Å². The molecular weight excluding hydrogens is 520 g/mol. The molecule has 1 N–H and O–H groups in total. The van der Waals surface area contributed by atoms with E-state index in [9.17, 15) is 9.59 Å². The van der Waals surface area contributed by atoms with Crippen molar-refractivity contribution in [1.29, 1.82) is 0 Å². The summed E-state index contributed by atoms with van der Waals surface area (Å²) in [5.74, 6) is -1.19. The number of aromatic nitrogens is 3. The van der Waals surface area contributed by atoms with Gasteiger partial charge in [0.15, 0.2) is 11.8 Å². The summed E-state index contributed by atoms with van der Waals surface area (Å²) in [6.45, 7) is -0.461. The highest BCUT2D eigenvalue weighted by molar-refractivity contribution is 9.10. The number of rotatable bonds is 7. The number of carbonyl (C=O) groups excluding carboxylic acids is 2. The van der Waals surface area contributed by atoms with E-state index < -0.39 is 18.5 Å². The standard InChI is InChI=1S/C25H18BrClN4O3/c26-19-11-8-17(9-12-19)24-18(15-31(30-24)20-5-2-1-3-6-20)10-13-23(33)34-16-22(32)29-21-7-4-14-28-25(21)27/h1-15H,16H2,(H,29,32)/b13-10+. The molecule has 1 amide bonds. The van der Waals surface area contributed by atoms with Gasteiger partial charge in [-0.3, -0.25) is 4.79 Å². The third kappa shape index (κ3) is 5.98. The average Bonchev–Trinajstić information content (AvgIpc) is 3.28. The van der Waals surface area contributed by atoms with Gasteiger partial charge in [-0.25, -0.2) is 14.5 Å². The molecule has 0 spiro atoms. The molecule has 2 aromatic carbocycles. The van der Waals surface area contributed by atoms with Crippen LogP contribution in [0.25, 0.3) is 23.0 Å². The topological polar surface area (TPSA) is 86.1 Å². The summed E-state index contributed by atoms with van der Waals surface area (Å²) in [7, 11) is 0. The summed E-state index contributed by atoms with van der Waals surface area (Å²) < 4.78 is 7.75. The Hall–Kier alpha value is -3.75. The Morgan fingerprint density at radius 1 is 1.06 bits per heavy atom. The summed E-state index contributed by atoms with van der Waals surface area (Å²) in [4.78, 5) is 28.2. The van der Waals surface area contributed by atoms with E-state index in [1.54, 1.807) is 22.9 Å². The van der Waals surface area contributed by atoms with Crippen LogP contribution in [0.1, 0.15) is 5.56 Å². The van der Waals surface area contributed by atoms with Gasteiger partial charge in [0, 0.05) is 34.1 Å². The number of esters is 1. The van der Waals surface area contributed by atoms with Crippen LogP contribution in [0, 0.1) is 0 Å². The maximum atomic E-state index is 12.2. The first kappa shape index (κ1) is 23.4. The number of halogens is 2. The van der Waals surface area contributed by atoms with Crippen molar-refractivity contribution in [3.8, 4) is 16.9 Å². The van der Waals surface area contributed by atoms with Gasteiger partial charge in [-0.1, -0.05) is 57.9 Å². The monoisotopic (exact) mass is 536 g/mol. The SMILES string of the molecule is O=C(COC(=O)/C=C/c1cn(-c2ccccc2)nc1-c1ccc(Br)cc1)Nc1cccnc1Cl. The number of hydrogen-bond donors (Lipinski definition) is 1. The zero-order valence-electron chi connectivity index (χ0n) is 17.7. The second-order valence-corrected chi connectivity index (χ2v) is 8.32. The predicted octanol–water partition coefficient (Wildman–Crippen LogP) is 5.55. The lowest BCUT2D eigenvalue weighted by Crippen LogP contribution is -2.20. The number of ether oxygens (including phenoxy) is 1. The normalized spacial score (nSPS) is 10.9. The van der Waals surface area contributed by atoms with Gasteiger partial charge >= 0.3 is 5.97 Å². The fraction of sp³-hybridized carbons (Fsp3) is 0.0400. The number of carbonyl (C=O) groups is 2. The molecule has 0 atom stereocenters. The van der Waals surface area contributed by atoms with Gasteiger partial charge in [-0.15, -0.1) is 0 Å². The van der Waals surface area contributed by atoms with E-state index in [0.717, 1.165) is 21.3 Å². The molecule has 0 unspecified atom stereocenters. The molecule has 0 aliphatic heterocycles. The van der Waals surface area contributed by atoms with Gasteiger partial charge in [0.1, 0.15) is 0 Å². The minimum absolute atomic E-state index is 0.151. The highest BCUT2D eigenvalue weighted by Gasteiger charge is 2.12. The molecule has 0 aliphatic rings. The molecule has 0 radical (unpaired) electrons. The molecule has 0 saturated heterocycles. The molecule has 0 aliphatic carbocycles. The van der Waals surface area contributed by atoms with Crippen LogP contribution in [-0.4, -0.2) is 33.2 Å². The molecule has 0 saturated carbocycles. The Kier molecular flexibility index (Phi) is 7.51. The van der Waals surface area contributed by atoms with Crippen molar-refractivity contribution in [2.45, 2.75) is 0 Å². The minimum atomic E-state index is -0.665. The fourth-order valence-electron chi connectivity index (χ4n) is 3.06. The van der Waals surface area contributed by atoms with Crippen LogP contribution >= 0.6 is 27.5 Å². The molecular formula is C25H18BrClN4O3. The lowest BCUT2D eigenvalue weighted by atomic mass is 10.1. The number of nitrogens with zero attached hydrogens (tertiary/aromatic N) is 3. The second kappa shape index (κ2) is 10.9. The molecule has 4 aromatic rings. The van der Waals surface area contributed by atoms with E-state index in [1.807, 2.05) is 60.8 Å². The molecule has 0 fully saturated rings. The van der Waals surface area contributed by atoms with Gasteiger partial charge in [0.25, 0.3) is 5.91 Å². The van der Waals surface area contributed by atoms with Crippen LogP contribution in [0.3, 0.4) is 0 Å². The predicted molar refractivity (Wildman–Crippen MR) is 135 cm³/mol. The number of anilines is 1. The van der Waals surface area contributed by atoms with Crippen LogP contribution < -0.4 is 5.32 Å². The summed E-state index contributed by atoms with van der Waals surface area (Å²) in [6, 6.07) is 20.6. The molecule has 9 heteroatoms. The average molecular weight is 538 g/mol. The first-order valence-electron chi connectivity index (χ1n) is 10.2. The van der Waals surface area contributed by atoms with E-state index in [0.29, 0.717) is 11.4 Å². The van der Waals surface area contributed by atoms with Crippen molar-refractivity contribution in [2.24, 2.45) is 0 Å². The Balaban J connectivity index is 1.48. The number of nitrogens with one attached hydrogen (secondary N) is 1. The molecule has 0 bridgehead atoms. The summed E-state index contributed by atoms with van der Waals surface area (Å²) in [5, 5.41) is 7.40. The number of amides is 1. The van der Waals surface area contributed by atoms with E-state index in [2.05, 4.69) is 26.2 Å². The first-order chi connectivity index (χ1) is 16.5. The lowest BCUT2D eigenvalue weighted by molar-refractivity contribution is -0.142. The number of para-hydroxylation sites is 1. The van der Waals surface area contributed by atoms with Crippen LogP contribution in [0.15, 0.2) is 89.7 Å². The van der Waals surface area contributed by atoms with Gasteiger partial charge in [-0.2, -0.15) is 5.10 Å². The highest BCUT2D eigenvalue weighted by atomic mass is 79.9. The maximum Gasteiger partial charge on any atom is 0.331 e. The molecule has 7 nitrogen and oxygen atoms in total. The van der Waals surface area contributed by atoms with Crippen LogP contribution in [0.2, 0.25) is 5.15 Å². The van der Waals surface area contributed by atoms with Crippen molar-refractivity contribution < 1.29 is 14.3 Å². The zero-order chi connectivity index (χ0) is 23.9. The van der Waals surface area contributed by atoms with Crippen molar-refractivity contribution >= 4 is 51.2 Å². The van der Waals surface area contributed by atoms with Crippen molar-refractivity contribution in [3.05, 3.63) is 100 Å². The third-order valence-electron chi connectivity index (χ3n) is 4.66. The Bertz CT molecular complexity index is 1340. The van der Waals surface area contributed by atoms with Crippen molar-refractivity contribution in [2.75, 3.05) is 11.9 Å². The van der Waals surface area contributed by atoms with Crippen molar-refractivity contribution in [1.82, 2.24) is 14.8 Å². The minimum Gasteiger partial charge on any atom is -0.452 e. The molecule has 2 heterocycles. The quantitative estimate of drug-likeness (QED) is 0.190. The smallest absolute Gasteiger partial charge is 0.331 e. The fourth-order valence-corrected chi connectivity index (χ4v) is 3.49. The van der Waals surface area contributed by atoms with E-state index in [-0.39, 0.29) is 5.15 Å². The largest absolute Gasteiger partial charge is 0.452 e. The summed E-state index contributed by atoms with van der Waals surface area (Å²) in [5.41, 5.74) is 3.53. The molecule has 34 heavy (non-hydrogen) atoms. The van der Waals surface area contributed by atoms with Gasteiger partial charge < -0.3 is 10.1 Å². The molecule has 2 aromatic heterocycles.